The Morgan fingerprint density at radius 3 is 2.38 bits per heavy atom. The number of nitrogen functional groups attached to an aromatic ring is 1. The smallest absolute Gasteiger partial charge is 0.267 e. The van der Waals surface area contributed by atoms with Gasteiger partial charge >= 0.3 is 0 Å². The van der Waals surface area contributed by atoms with Gasteiger partial charge in [0, 0.05) is 27.6 Å². The quantitative estimate of drug-likeness (QED) is 0.407. The summed E-state index contributed by atoms with van der Waals surface area (Å²) in [5.74, 6) is -0.621. The van der Waals surface area contributed by atoms with Gasteiger partial charge in [-0.15, -0.1) is 0 Å². The van der Waals surface area contributed by atoms with Crippen LogP contribution in [0.25, 0.3) is 0 Å². The van der Waals surface area contributed by atoms with Gasteiger partial charge in [0.15, 0.2) is 0 Å². The van der Waals surface area contributed by atoms with E-state index < -0.39 is 5.91 Å². The molecular formula is C16H11Cl3N4O. The lowest BCUT2D eigenvalue weighted by Crippen LogP contribution is -2.15. The number of carbonyl (C=O) groups is 1. The summed E-state index contributed by atoms with van der Waals surface area (Å²) in [6, 6.07) is 11.2. The zero-order valence-electron chi connectivity index (χ0n) is 12.1. The van der Waals surface area contributed by atoms with Gasteiger partial charge in [-0.3, -0.25) is 4.79 Å². The molecule has 0 atom stereocenters. The highest BCUT2D eigenvalue weighted by Gasteiger charge is 2.11. The van der Waals surface area contributed by atoms with Crippen molar-refractivity contribution in [2.75, 3.05) is 16.4 Å². The zero-order valence-corrected chi connectivity index (χ0v) is 14.4. The maximum Gasteiger partial charge on any atom is 0.267 e. The average molecular weight is 382 g/mol. The van der Waals surface area contributed by atoms with E-state index >= 15 is 0 Å². The van der Waals surface area contributed by atoms with E-state index in [-0.39, 0.29) is 10.6 Å². The third-order valence-electron chi connectivity index (χ3n) is 2.85. The maximum absolute atomic E-state index is 12.2. The van der Waals surface area contributed by atoms with Gasteiger partial charge in [-0.2, -0.15) is 5.26 Å². The second-order valence-electron chi connectivity index (χ2n) is 4.67. The topological polar surface area (TPSA) is 90.9 Å². The number of benzene rings is 2. The minimum Gasteiger partial charge on any atom is -0.399 e. The van der Waals surface area contributed by atoms with E-state index in [4.69, 9.17) is 45.8 Å². The normalized spacial score (nSPS) is 10.8. The van der Waals surface area contributed by atoms with Crippen LogP contribution in [0, 0.1) is 11.3 Å². The van der Waals surface area contributed by atoms with Crippen LogP contribution < -0.4 is 16.4 Å². The van der Waals surface area contributed by atoms with Crippen molar-refractivity contribution >= 4 is 57.8 Å². The minimum atomic E-state index is -0.621. The molecule has 0 fully saturated rings. The molecule has 0 aromatic heterocycles. The van der Waals surface area contributed by atoms with Crippen LogP contribution in [0.5, 0.6) is 0 Å². The summed E-state index contributed by atoms with van der Waals surface area (Å²) in [5, 5.41) is 15.6. The Balaban J connectivity index is 2.15. The molecule has 0 spiro atoms. The van der Waals surface area contributed by atoms with Crippen LogP contribution in [0.1, 0.15) is 0 Å². The molecule has 2 aromatic rings. The van der Waals surface area contributed by atoms with E-state index in [0.717, 1.165) is 0 Å². The Bertz CT molecular complexity index is 839. The van der Waals surface area contributed by atoms with Crippen LogP contribution in [-0.4, -0.2) is 5.91 Å². The average Bonchev–Trinajstić information content (AvgIpc) is 2.50. The maximum atomic E-state index is 12.2. The van der Waals surface area contributed by atoms with E-state index in [1.165, 1.54) is 12.3 Å². The van der Waals surface area contributed by atoms with Crippen LogP contribution in [0.15, 0.2) is 48.2 Å². The van der Waals surface area contributed by atoms with Gasteiger partial charge in [-0.1, -0.05) is 34.8 Å². The minimum absolute atomic E-state index is 0.154. The molecular weight excluding hydrogens is 371 g/mol. The number of halogens is 3. The first-order valence-corrected chi connectivity index (χ1v) is 7.71. The number of nitrogens with one attached hydrogen (secondary N) is 2. The number of amides is 1. The van der Waals surface area contributed by atoms with Crippen molar-refractivity contribution in [3.63, 3.8) is 0 Å². The molecule has 24 heavy (non-hydrogen) atoms. The van der Waals surface area contributed by atoms with Crippen LogP contribution in [0.3, 0.4) is 0 Å². The number of carbonyl (C=O) groups excluding carboxylic acids is 1. The first kappa shape index (κ1) is 18.0. The highest BCUT2D eigenvalue weighted by Crippen LogP contribution is 2.25. The second-order valence-corrected chi connectivity index (χ2v) is 5.95. The monoisotopic (exact) mass is 380 g/mol. The summed E-state index contributed by atoms with van der Waals surface area (Å²) in [6.45, 7) is 0. The summed E-state index contributed by atoms with van der Waals surface area (Å²) < 4.78 is 0. The molecule has 2 rings (SSSR count). The van der Waals surface area contributed by atoms with Crippen LogP contribution in [0.2, 0.25) is 15.1 Å². The number of hydrogen-bond acceptors (Lipinski definition) is 4. The third-order valence-corrected chi connectivity index (χ3v) is 3.60. The molecule has 4 N–H and O–H groups in total. The SMILES string of the molecule is N#C/C(=C/Nc1cc(Cl)cc(Cl)c1)C(=O)Nc1ccc(N)cc1Cl. The molecule has 5 nitrogen and oxygen atoms in total. The number of anilines is 3. The Hall–Kier alpha value is -2.39. The lowest BCUT2D eigenvalue weighted by atomic mass is 10.2. The molecule has 0 aliphatic rings. The van der Waals surface area contributed by atoms with Crippen LogP contribution in [-0.2, 0) is 4.79 Å². The van der Waals surface area contributed by atoms with E-state index in [1.807, 2.05) is 0 Å². The number of hydrogen-bond donors (Lipinski definition) is 3. The van der Waals surface area contributed by atoms with E-state index in [0.29, 0.717) is 27.1 Å². The summed E-state index contributed by atoms with van der Waals surface area (Å²) in [5.41, 5.74) is 6.79. The van der Waals surface area contributed by atoms with Gasteiger partial charge in [-0.25, -0.2) is 0 Å². The molecule has 0 saturated carbocycles. The van der Waals surface area contributed by atoms with Gasteiger partial charge in [-0.05, 0) is 36.4 Å². The zero-order chi connectivity index (χ0) is 17.7. The van der Waals surface area contributed by atoms with Crippen LogP contribution >= 0.6 is 34.8 Å². The first-order chi connectivity index (χ1) is 11.4. The van der Waals surface area contributed by atoms with Gasteiger partial charge in [0.2, 0.25) is 0 Å². The molecule has 0 bridgehead atoms. The molecule has 0 heterocycles. The molecule has 0 radical (unpaired) electrons. The standard InChI is InChI=1S/C16H11Cl3N4O/c17-10-3-11(18)5-13(4-10)22-8-9(7-20)16(24)23-15-2-1-12(21)6-14(15)19/h1-6,8,22H,21H2,(H,23,24)/b9-8-. The van der Waals surface area contributed by atoms with Crippen molar-refractivity contribution in [3.8, 4) is 6.07 Å². The molecule has 1 amide bonds. The lowest BCUT2D eigenvalue weighted by Gasteiger charge is -2.08. The Morgan fingerprint density at radius 1 is 1.12 bits per heavy atom. The molecule has 2 aromatic carbocycles. The molecule has 0 saturated heterocycles. The summed E-state index contributed by atoms with van der Waals surface area (Å²) in [6.07, 6.45) is 1.25. The second kappa shape index (κ2) is 7.93. The number of nitrogens with two attached hydrogens (primary N) is 1. The van der Waals surface area contributed by atoms with E-state index in [1.54, 1.807) is 36.4 Å². The third kappa shape index (κ3) is 4.80. The van der Waals surface area contributed by atoms with Crippen molar-refractivity contribution in [2.45, 2.75) is 0 Å². The first-order valence-electron chi connectivity index (χ1n) is 6.58. The molecule has 0 unspecified atom stereocenters. The van der Waals surface area contributed by atoms with Crippen molar-refractivity contribution in [2.24, 2.45) is 0 Å². The van der Waals surface area contributed by atoms with Crippen LogP contribution in [0.4, 0.5) is 17.1 Å². The fourth-order valence-corrected chi connectivity index (χ4v) is 2.53. The summed E-state index contributed by atoms with van der Waals surface area (Å²) in [7, 11) is 0. The predicted molar refractivity (Wildman–Crippen MR) is 98.3 cm³/mol. The van der Waals surface area contributed by atoms with Crippen molar-refractivity contribution in [1.82, 2.24) is 0 Å². The Morgan fingerprint density at radius 2 is 1.79 bits per heavy atom. The Labute approximate surface area is 153 Å². The summed E-state index contributed by atoms with van der Waals surface area (Å²) >= 11 is 17.8. The number of rotatable bonds is 4. The predicted octanol–water partition coefficient (Wildman–Crippen LogP) is 4.69. The van der Waals surface area contributed by atoms with E-state index in [9.17, 15) is 4.79 Å². The molecule has 8 heteroatoms. The van der Waals surface area contributed by atoms with Gasteiger partial charge in [0.05, 0.1) is 10.7 Å². The van der Waals surface area contributed by atoms with Crippen molar-refractivity contribution in [3.05, 3.63) is 63.2 Å². The van der Waals surface area contributed by atoms with Gasteiger partial charge in [0.25, 0.3) is 5.91 Å². The lowest BCUT2D eigenvalue weighted by molar-refractivity contribution is -0.112. The fraction of sp³-hybridized carbons (Fsp3) is 0. The van der Waals surface area contributed by atoms with Crippen molar-refractivity contribution in [1.29, 1.82) is 5.26 Å². The van der Waals surface area contributed by atoms with Gasteiger partial charge in [0.1, 0.15) is 11.6 Å². The fourth-order valence-electron chi connectivity index (χ4n) is 1.76. The van der Waals surface area contributed by atoms with Gasteiger partial charge < -0.3 is 16.4 Å². The van der Waals surface area contributed by atoms with E-state index in [2.05, 4.69) is 10.6 Å². The number of nitriles is 1. The largest absolute Gasteiger partial charge is 0.399 e. The molecule has 0 aliphatic heterocycles. The summed E-state index contributed by atoms with van der Waals surface area (Å²) in [4.78, 5) is 12.2. The molecule has 122 valence electrons. The number of nitrogens with zero attached hydrogens (tertiary/aromatic N) is 1. The van der Waals surface area contributed by atoms with Crippen molar-refractivity contribution < 1.29 is 4.79 Å². The Kier molecular flexibility index (Phi) is 5.93. The highest BCUT2D eigenvalue weighted by atomic mass is 35.5. The molecule has 0 aliphatic carbocycles. The highest BCUT2D eigenvalue weighted by molar-refractivity contribution is 6.35.